The maximum Gasteiger partial charge on any atom is 0.254 e. The molecular formula is C17H24N2O. The van der Waals surface area contributed by atoms with Gasteiger partial charge in [-0.3, -0.25) is 4.79 Å². The van der Waals surface area contributed by atoms with E-state index >= 15 is 0 Å². The Balaban J connectivity index is 1.81. The van der Waals surface area contributed by atoms with Crippen molar-refractivity contribution in [2.45, 2.75) is 39.0 Å². The van der Waals surface area contributed by atoms with E-state index in [4.69, 9.17) is 0 Å². The lowest BCUT2D eigenvalue weighted by molar-refractivity contribution is 0.0705. The third-order valence-electron chi connectivity index (χ3n) is 4.70. The fraction of sp³-hybridized carbons (Fsp3) is 0.588. The number of anilines is 1. The average molecular weight is 272 g/mol. The van der Waals surface area contributed by atoms with E-state index in [1.165, 1.54) is 24.8 Å². The van der Waals surface area contributed by atoms with Gasteiger partial charge < -0.3 is 10.2 Å². The van der Waals surface area contributed by atoms with E-state index in [1.807, 2.05) is 17.0 Å². The minimum absolute atomic E-state index is 0.222. The Morgan fingerprint density at radius 3 is 2.90 bits per heavy atom. The zero-order valence-electron chi connectivity index (χ0n) is 12.3. The summed E-state index contributed by atoms with van der Waals surface area (Å²) < 4.78 is 0. The van der Waals surface area contributed by atoms with E-state index in [9.17, 15) is 4.79 Å². The van der Waals surface area contributed by atoms with E-state index in [-0.39, 0.29) is 5.91 Å². The number of hydrogen-bond acceptors (Lipinski definition) is 2. The molecule has 1 saturated carbocycles. The number of nitrogens with one attached hydrogen (secondary N) is 1. The Labute approximate surface area is 121 Å². The summed E-state index contributed by atoms with van der Waals surface area (Å²) in [6.07, 6.45) is 6.05. The molecule has 0 atom stereocenters. The highest BCUT2D eigenvalue weighted by Gasteiger charge is 2.25. The largest absolute Gasteiger partial charge is 0.385 e. The fourth-order valence-electron chi connectivity index (χ4n) is 3.22. The molecule has 20 heavy (non-hydrogen) atoms. The predicted molar refractivity (Wildman–Crippen MR) is 82.2 cm³/mol. The van der Waals surface area contributed by atoms with E-state index in [2.05, 4.69) is 18.3 Å². The molecule has 1 N–H and O–H groups in total. The van der Waals surface area contributed by atoms with Crippen LogP contribution in [-0.4, -0.2) is 30.4 Å². The predicted octanol–water partition coefficient (Wildman–Crippen LogP) is 3.31. The van der Waals surface area contributed by atoms with Gasteiger partial charge in [0.2, 0.25) is 0 Å². The van der Waals surface area contributed by atoms with Crippen molar-refractivity contribution in [1.82, 2.24) is 4.90 Å². The molecule has 1 aliphatic carbocycles. The van der Waals surface area contributed by atoms with Gasteiger partial charge in [0.05, 0.1) is 0 Å². The van der Waals surface area contributed by atoms with Crippen molar-refractivity contribution in [3.63, 3.8) is 0 Å². The highest BCUT2D eigenvalue weighted by atomic mass is 16.2. The van der Waals surface area contributed by atoms with Gasteiger partial charge in [0.25, 0.3) is 5.91 Å². The lowest BCUT2D eigenvalue weighted by atomic mass is 9.85. The zero-order valence-corrected chi connectivity index (χ0v) is 12.3. The molecule has 1 aromatic rings. The molecule has 3 nitrogen and oxygen atoms in total. The molecule has 1 fully saturated rings. The van der Waals surface area contributed by atoms with Gasteiger partial charge in [-0.1, -0.05) is 12.5 Å². The number of fused-ring (bicyclic) bond motifs is 1. The Hall–Kier alpha value is -1.51. The highest BCUT2D eigenvalue weighted by Crippen LogP contribution is 2.29. The smallest absolute Gasteiger partial charge is 0.254 e. The normalized spacial score (nSPS) is 17.9. The van der Waals surface area contributed by atoms with Crippen LogP contribution in [0, 0.1) is 5.92 Å². The first-order chi connectivity index (χ1) is 9.79. The number of amides is 1. The van der Waals surface area contributed by atoms with Gasteiger partial charge in [-0.25, -0.2) is 0 Å². The van der Waals surface area contributed by atoms with Crippen LogP contribution in [0.3, 0.4) is 0 Å². The molecule has 3 heteroatoms. The summed E-state index contributed by atoms with van der Waals surface area (Å²) in [6, 6.07) is 6.09. The van der Waals surface area contributed by atoms with Crippen molar-refractivity contribution in [3.8, 4) is 0 Å². The lowest BCUT2D eigenvalue weighted by Crippen LogP contribution is -2.38. The van der Waals surface area contributed by atoms with E-state index in [0.717, 1.165) is 49.6 Å². The molecule has 1 aromatic carbocycles. The van der Waals surface area contributed by atoms with E-state index < -0.39 is 0 Å². The number of hydrogen-bond donors (Lipinski definition) is 1. The van der Waals surface area contributed by atoms with E-state index in [1.54, 1.807) is 0 Å². The molecule has 2 aliphatic rings. The van der Waals surface area contributed by atoms with Gasteiger partial charge in [-0.05, 0) is 56.2 Å². The second-order valence-corrected chi connectivity index (χ2v) is 6.00. The lowest BCUT2D eigenvalue weighted by Gasteiger charge is -2.32. The van der Waals surface area contributed by atoms with Crippen LogP contribution >= 0.6 is 0 Å². The minimum Gasteiger partial charge on any atom is -0.385 e. The summed E-state index contributed by atoms with van der Waals surface area (Å²) in [5, 5.41) is 3.41. The Kier molecular flexibility index (Phi) is 3.95. The summed E-state index contributed by atoms with van der Waals surface area (Å²) in [4.78, 5) is 14.9. The summed E-state index contributed by atoms with van der Waals surface area (Å²) in [5.41, 5.74) is 3.29. The first kappa shape index (κ1) is 13.5. The molecule has 0 spiro atoms. The molecule has 0 aromatic heterocycles. The standard InChI is InChI=1S/C17H24N2O/c1-2-19(12-13-6-3-7-13)17(20)15-8-4-10-16-14(15)9-5-11-18-16/h4,8,10,13,18H,2-3,5-7,9,11-12H2,1H3. The SMILES string of the molecule is CCN(CC1CCC1)C(=O)c1cccc2c1CCCN2. The van der Waals surface area contributed by atoms with Gasteiger partial charge in [-0.2, -0.15) is 0 Å². The van der Waals surface area contributed by atoms with Crippen LogP contribution in [0.15, 0.2) is 18.2 Å². The molecule has 0 unspecified atom stereocenters. The second kappa shape index (κ2) is 5.86. The maximum atomic E-state index is 12.8. The third kappa shape index (κ3) is 2.54. The van der Waals surface area contributed by atoms with Crippen LogP contribution in [0.1, 0.15) is 48.5 Å². The maximum absolute atomic E-state index is 12.8. The van der Waals surface area contributed by atoms with Crippen molar-refractivity contribution in [3.05, 3.63) is 29.3 Å². The first-order valence-electron chi connectivity index (χ1n) is 7.94. The number of rotatable bonds is 4. The molecule has 1 heterocycles. The molecule has 1 amide bonds. The highest BCUT2D eigenvalue weighted by molar-refractivity contribution is 5.97. The molecular weight excluding hydrogens is 248 g/mol. The minimum atomic E-state index is 0.222. The topological polar surface area (TPSA) is 32.3 Å². The van der Waals surface area contributed by atoms with Crippen LogP contribution in [0.2, 0.25) is 0 Å². The van der Waals surface area contributed by atoms with Gasteiger partial charge in [0.1, 0.15) is 0 Å². The average Bonchev–Trinajstić information content (AvgIpc) is 2.45. The van der Waals surface area contributed by atoms with Crippen LogP contribution < -0.4 is 5.32 Å². The Bertz CT molecular complexity index is 494. The molecule has 108 valence electrons. The Morgan fingerprint density at radius 1 is 1.35 bits per heavy atom. The molecule has 0 radical (unpaired) electrons. The molecule has 3 rings (SSSR count). The van der Waals surface area contributed by atoms with Crippen LogP contribution in [0.4, 0.5) is 5.69 Å². The van der Waals surface area contributed by atoms with Gasteiger partial charge in [0, 0.05) is 30.9 Å². The zero-order chi connectivity index (χ0) is 13.9. The Morgan fingerprint density at radius 2 is 2.20 bits per heavy atom. The number of carbonyl (C=O) groups excluding carboxylic acids is 1. The number of nitrogens with zero attached hydrogens (tertiary/aromatic N) is 1. The summed E-state index contributed by atoms with van der Waals surface area (Å²) in [5.74, 6) is 0.955. The van der Waals surface area contributed by atoms with Crippen LogP contribution in [0.25, 0.3) is 0 Å². The quantitative estimate of drug-likeness (QED) is 0.912. The third-order valence-corrected chi connectivity index (χ3v) is 4.70. The summed E-state index contributed by atoms with van der Waals surface area (Å²) in [6.45, 7) is 4.85. The first-order valence-corrected chi connectivity index (χ1v) is 7.94. The van der Waals surface area contributed by atoms with Crippen molar-refractivity contribution >= 4 is 11.6 Å². The van der Waals surface area contributed by atoms with Crippen molar-refractivity contribution in [2.75, 3.05) is 25.0 Å². The molecule has 0 bridgehead atoms. The van der Waals surface area contributed by atoms with Gasteiger partial charge >= 0.3 is 0 Å². The number of benzene rings is 1. The summed E-state index contributed by atoms with van der Waals surface area (Å²) in [7, 11) is 0. The summed E-state index contributed by atoms with van der Waals surface area (Å²) >= 11 is 0. The van der Waals surface area contributed by atoms with Gasteiger partial charge in [0.15, 0.2) is 0 Å². The van der Waals surface area contributed by atoms with Crippen molar-refractivity contribution < 1.29 is 4.79 Å². The number of carbonyl (C=O) groups is 1. The fourth-order valence-corrected chi connectivity index (χ4v) is 3.22. The van der Waals surface area contributed by atoms with Crippen molar-refractivity contribution in [1.29, 1.82) is 0 Å². The van der Waals surface area contributed by atoms with E-state index in [0.29, 0.717) is 0 Å². The monoisotopic (exact) mass is 272 g/mol. The van der Waals surface area contributed by atoms with Crippen molar-refractivity contribution in [2.24, 2.45) is 5.92 Å². The molecule has 0 saturated heterocycles. The van der Waals surface area contributed by atoms with Gasteiger partial charge in [-0.15, -0.1) is 0 Å². The molecule has 1 aliphatic heterocycles. The van der Waals surface area contributed by atoms with Crippen LogP contribution in [-0.2, 0) is 6.42 Å². The second-order valence-electron chi connectivity index (χ2n) is 6.00. The van der Waals surface area contributed by atoms with Crippen LogP contribution in [0.5, 0.6) is 0 Å².